The largest absolute Gasteiger partial charge is 0.313 e. The lowest BCUT2D eigenvalue weighted by Gasteiger charge is -2.15. The van der Waals surface area contributed by atoms with Crippen molar-refractivity contribution >= 4 is 9.84 Å². The first-order valence-electron chi connectivity index (χ1n) is 5.49. The van der Waals surface area contributed by atoms with Gasteiger partial charge in [0.2, 0.25) is 0 Å². The molecule has 4 heteroatoms. The third kappa shape index (κ3) is 6.38. The quantitative estimate of drug-likeness (QED) is 0.677. The van der Waals surface area contributed by atoms with Crippen LogP contribution in [-0.4, -0.2) is 32.5 Å². The van der Waals surface area contributed by atoms with E-state index in [1.165, 1.54) is 0 Å². The Bertz CT molecular complexity index is 224. The summed E-state index contributed by atoms with van der Waals surface area (Å²) >= 11 is 0. The third-order valence-electron chi connectivity index (χ3n) is 2.42. The molecule has 1 N–H and O–H groups in total. The van der Waals surface area contributed by atoms with E-state index in [0.29, 0.717) is 12.6 Å². The van der Waals surface area contributed by atoms with Gasteiger partial charge in [-0.15, -0.1) is 0 Å². The van der Waals surface area contributed by atoms with E-state index in [9.17, 15) is 8.42 Å². The van der Waals surface area contributed by atoms with Crippen LogP contribution in [0.3, 0.4) is 0 Å². The molecule has 0 aliphatic rings. The normalized spacial score (nSPS) is 14.2. The minimum atomic E-state index is -2.80. The SMILES string of the molecule is CCCC(CC)NCCS(=O)(=O)CC. The van der Waals surface area contributed by atoms with E-state index in [1.807, 2.05) is 0 Å². The molecule has 0 bridgehead atoms. The van der Waals surface area contributed by atoms with Crippen LogP contribution in [0.2, 0.25) is 0 Å². The first kappa shape index (κ1) is 13.9. The maximum absolute atomic E-state index is 11.2. The van der Waals surface area contributed by atoms with Crippen LogP contribution in [0.1, 0.15) is 40.0 Å². The van der Waals surface area contributed by atoms with Crippen molar-refractivity contribution in [3.63, 3.8) is 0 Å². The minimum absolute atomic E-state index is 0.249. The third-order valence-corrected chi connectivity index (χ3v) is 4.12. The van der Waals surface area contributed by atoms with E-state index in [-0.39, 0.29) is 11.5 Å². The molecule has 1 atom stereocenters. The Hall–Kier alpha value is -0.0900. The Balaban J connectivity index is 3.71. The average molecular weight is 221 g/mol. The number of hydrogen-bond donors (Lipinski definition) is 1. The van der Waals surface area contributed by atoms with Gasteiger partial charge in [0.15, 0.2) is 9.84 Å². The second-order valence-electron chi connectivity index (χ2n) is 3.58. The number of sulfone groups is 1. The fraction of sp³-hybridized carbons (Fsp3) is 1.00. The molecule has 86 valence electrons. The van der Waals surface area contributed by atoms with Gasteiger partial charge in [-0.3, -0.25) is 0 Å². The van der Waals surface area contributed by atoms with E-state index < -0.39 is 9.84 Å². The van der Waals surface area contributed by atoms with Gasteiger partial charge in [0.1, 0.15) is 0 Å². The fourth-order valence-electron chi connectivity index (χ4n) is 1.36. The molecule has 0 spiro atoms. The predicted molar refractivity (Wildman–Crippen MR) is 61.3 cm³/mol. The second-order valence-corrected chi connectivity index (χ2v) is 6.06. The lowest BCUT2D eigenvalue weighted by atomic mass is 10.1. The molecule has 0 rings (SSSR count). The summed E-state index contributed by atoms with van der Waals surface area (Å²) in [6.07, 6.45) is 3.34. The first-order valence-corrected chi connectivity index (χ1v) is 7.31. The molecule has 0 saturated heterocycles. The second kappa shape index (κ2) is 7.23. The summed E-state index contributed by atoms with van der Waals surface area (Å²) in [5.74, 6) is 0.517. The lowest BCUT2D eigenvalue weighted by Crippen LogP contribution is -2.32. The summed E-state index contributed by atoms with van der Waals surface area (Å²) in [4.78, 5) is 0. The predicted octanol–water partition coefficient (Wildman–Crippen LogP) is 1.59. The van der Waals surface area contributed by atoms with E-state index in [2.05, 4.69) is 19.2 Å². The van der Waals surface area contributed by atoms with Gasteiger partial charge in [-0.25, -0.2) is 8.42 Å². The maximum atomic E-state index is 11.2. The van der Waals surface area contributed by atoms with Crippen molar-refractivity contribution in [3.05, 3.63) is 0 Å². The molecule has 0 saturated carbocycles. The molecule has 0 radical (unpaired) electrons. The average Bonchev–Trinajstić information content (AvgIpc) is 2.16. The molecule has 0 amide bonds. The molecule has 0 aromatic rings. The Morgan fingerprint density at radius 1 is 1.21 bits per heavy atom. The highest BCUT2D eigenvalue weighted by molar-refractivity contribution is 7.91. The van der Waals surface area contributed by atoms with Crippen LogP contribution in [0.4, 0.5) is 0 Å². The summed E-state index contributed by atoms with van der Waals surface area (Å²) < 4.78 is 22.4. The molecule has 14 heavy (non-hydrogen) atoms. The van der Waals surface area contributed by atoms with Gasteiger partial charge in [-0.1, -0.05) is 27.2 Å². The molecule has 3 nitrogen and oxygen atoms in total. The van der Waals surface area contributed by atoms with Gasteiger partial charge in [-0.05, 0) is 12.8 Å². The summed E-state index contributed by atoms with van der Waals surface area (Å²) in [5, 5.41) is 3.28. The molecule has 0 aromatic heterocycles. The highest BCUT2D eigenvalue weighted by Crippen LogP contribution is 2.00. The van der Waals surface area contributed by atoms with Crippen LogP contribution >= 0.6 is 0 Å². The Morgan fingerprint density at radius 3 is 2.29 bits per heavy atom. The summed E-state index contributed by atoms with van der Waals surface area (Å²) in [6.45, 7) is 6.56. The van der Waals surface area contributed by atoms with Gasteiger partial charge < -0.3 is 5.32 Å². The minimum Gasteiger partial charge on any atom is -0.313 e. The van der Waals surface area contributed by atoms with Crippen molar-refractivity contribution < 1.29 is 8.42 Å². The number of nitrogens with one attached hydrogen (secondary N) is 1. The Morgan fingerprint density at radius 2 is 1.86 bits per heavy atom. The molecule has 0 fully saturated rings. The zero-order valence-electron chi connectivity index (χ0n) is 9.54. The van der Waals surface area contributed by atoms with Crippen molar-refractivity contribution in [2.75, 3.05) is 18.1 Å². The van der Waals surface area contributed by atoms with Crippen molar-refractivity contribution in [3.8, 4) is 0 Å². The van der Waals surface area contributed by atoms with E-state index in [0.717, 1.165) is 19.3 Å². The van der Waals surface area contributed by atoms with Crippen molar-refractivity contribution in [1.29, 1.82) is 0 Å². The van der Waals surface area contributed by atoms with Crippen LogP contribution in [0, 0.1) is 0 Å². The summed E-state index contributed by atoms with van der Waals surface area (Å²) in [7, 11) is -2.80. The zero-order chi connectivity index (χ0) is 11.0. The van der Waals surface area contributed by atoms with Gasteiger partial charge >= 0.3 is 0 Å². The summed E-state index contributed by atoms with van der Waals surface area (Å²) in [6, 6.07) is 0.479. The van der Waals surface area contributed by atoms with Gasteiger partial charge in [0, 0.05) is 18.3 Å². The summed E-state index contributed by atoms with van der Waals surface area (Å²) in [5.41, 5.74) is 0. The number of rotatable bonds is 8. The highest BCUT2D eigenvalue weighted by atomic mass is 32.2. The van der Waals surface area contributed by atoms with Crippen molar-refractivity contribution in [2.45, 2.75) is 46.1 Å². The first-order chi connectivity index (χ1) is 6.55. The molecule has 0 aliphatic carbocycles. The fourth-order valence-corrected chi connectivity index (χ4v) is 2.08. The van der Waals surface area contributed by atoms with Crippen LogP contribution in [0.5, 0.6) is 0 Å². The molecular weight excluding hydrogens is 198 g/mol. The van der Waals surface area contributed by atoms with E-state index in [1.54, 1.807) is 6.92 Å². The maximum Gasteiger partial charge on any atom is 0.151 e. The highest BCUT2D eigenvalue weighted by Gasteiger charge is 2.08. The Kier molecular flexibility index (Phi) is 7.19. The van der Waals surface area contributed by atoms with Crippen LogP contribution in [0.25, 0.3) is 0 Å². The van der Waals surface area contributed by atoms with E-state index >= 15 is 0 Å². The molecular formula is C10H23NO2S. The van der Waals surface area contributed by atoms with Gasteiger partial charge in [0.25, 0.3) is 0 Å². The molecule has 0 heterocycles. The Labute approximate surface area is 88.2 Å². The molecule has 1 unspecified atom stereocenters. The van der Waals surface area contributed by atoms with Gasteiger partial charge in [0.05, 0.1) is 5.75 Å². The molecule has 0 aliphatic heterocycles. The molecule has 0 aromatic carbocycles. The zero-order valence-corrected chi connectivity index (χ0v) is 10.4. The monoisotopic (exact) mass is 221 g/mol. The van der Waals surface area contributed by atoms with Crippen LogP contribution in [-0.2, 0) is 9.84 Å². The smallest absolute Gasteiger partial charge is 0.151 e. The lowest BCUT2D eigenvalue weighted by molar-refractivity contribution is 0.474. The topological polar surface area (TPSA) is 46.2 Å². The standard InChI is InChI=1S/C10H23NO2S/c1-4-7-10(5-2)11-8-9-14(12,13)6-3/h10-11H,4-9H2,1-3H3. The number of hydrogen-bond acceptors (Lipinski definition) is 3. The van der Waals surface area contributed by atoms with Crippen molar-refractivity contribution in [2.24, 2.45) is 0 Å². The van der Waals surface area contributed by atoms with Crippen LogP contribution in [0.15, 0.2) is 0 Å². The van der Waals surface area contributed by atoms with Gasteiger partial charge in [-0.2, -0.15) is 0 Å². The van der Waals surface area contributed by atoms with Crippen LogP contribution < -0.4 is 5.32 Å². The van der Waals surface area contributed by atoms with E-state index in [4.69, 9.17) is 0 Å². The van der Waals surface area contributed by atoms with Crippen molar-refractivity contribution in [1.82, 2.24) is 5.32 Å².